The largest absolute Gasteiger partial charge is 0.418 e. The summed E-state index contributed by atoms with van der Waals surface area (Å²) in [7, 11) is -4.67. The lowest BCUT2D eigenvalue weighted by Gasteiger charge is -2.36. The number of halogens is 4. The third-order valence-corrected chi connectivity index (χ3v) is 13.5. The van der Waals surface area contributed by atoms with E-state index in [0.717, 1.165) is 78.9 Å². The summed E-state index contributed by atoms with van der Waals surface area (Å²) >= 11 is 7.63. The number of piperazine rings is 1. The number of carbonyl (C=O) groups is 1. The smallest absolute Gasteiger partial charge is 0.381 e. The van der Waals surface area contributed by atoms with Gasteiger partial charge in [0.2, 0.25) is 0 Å². The van der Waals surface area contributed by atoms with Crippen molar-refractivity contribution in [3.05, 3.63) is 143 Å². The summed E-state index contributed by atoms with van der Waals surface area (Å²) in [5, 5.41) is 3.76. The van der Waals surface area contributed by atoms with E-state index >= 15 is 0 Å². The van der Waals surface area contributed by atoms with Crippen LogP contribution in [0.1, 0.15) is 34.8 Å². The minimum absolute atomic E-state index is 0.0612. The lowest BCUT2D eigenvalue weighted by molar-refractivity contribution is -0.137. The van der Waals surface area contributed by atoms with Crippen molar-refractivity contribution < 1.29 is 26.4 Å². The zero-order valence-electron chi connectivity index (χ0n) is 33.0. The van der Waals surface area contributed by atoms with E-state index in [1.54, 1.807) is 12.1 Å². The summed E-state index contributed by atoms with van der Waals surface area (Å²) in [6.07, 6.45) is -4.35. The van der Waals surface area contributed by atoms with E-state index in [0.29, 0.717) is 36.4 Å². The van der Waals surface area contributed by atoms with E-state index in [2.05, 4.69) is 37.1 Å². The first-order valence-corrected chi connectivity index (χ1v) is 22.6. The molecule has 0 saturated carbocycles. The quantitative estimate of drug-likeness (QED) is 0.101. The molecule has 1 amide bonds. The van der Waals surface area contributed by atoms with Gasteiger partial charge in [0, 0.05) is 84.5 Å². The van der Waals surface area contributed by atoms with Crippen LogP contribution in [0.15, 0.2) is 136 Å². The van der Waals surface area contributed by atoms with Crippen LogP contribution in [-0.2, 0) is 22.7 Å². The number of rotatable bonds is 15. The molecule has 2 aliphatic heterocycles. The molecule has 15 heteroatoms. The Bertz CT molecular complexity index is 2390. The summed E-state index contributed by atoms with van der Waals surface area (Å²) in [5.74, 6) is 0.420. The zero-order chi connectivity index (χ0) is 42.3. The van der Waals surface area contributed by atoms with Gasteiger partial charge < -0.3 is 15.1 Å². The molecule has 0 unspecified atom stereocenters. The van der Waals surface area contributed by atoms with Crippen LogP contribution in [0.5, 0.6) is 0 Å². The van der Waals surface area contributed by atoms with E-state index < -0.39 is 32.6 Å². The molecule has 2 aliphatic rings. The summed E-state index contributed by atoms with van der Waals surface area (Å²) in [4.78, 5) is 24.6. The van der Waals surface area contributed by atoms with Crippen molar-refractivity contribution in [2.24, 2.45) is 4.99 Å². The second kappa shape index (κ2) is 19.1. The Kier molecular flexibility index (Phi) is 13.7. The molecule has 2 N–H and O–H groups in total. The molecule has 5 aromatic rings. The van der Waals surface area contributed by atoms with Crippen LogP contribution in [0.3, 0.4) is 0 Å². The Morgan fingerprint density at radius 2 is 1.57 bits per heavy atom. The Hall–Kier alpha value is -5.02. The maximum absolute atomic E-state index is 14.6. The van der Waals surface area contributed by atoms with Crippen LogP contribution in [0, 0.1) is 0 Å². The number of carbonyl (C=O) groups excluding carboxylic acids is 1. The first-order valence-electron chi connectivity index (χ1n) is 19.7. The van der Waals surface area contributed by atoms with E-state index in [1.807, 2.05) is 78.4 Å². The Morgan fingerprint density at radius 3 is 2.25 bits per heavy atom. The van der Waals surface area contributed by atoms with Gasteiger partial charge in [0.05, 0.1) is 22.8 Å². The van der Waals surface area contributed by atoms with Gasteiger partial charge in [0.15, 0.2) is 0 Å². The molecule has 7 rings (SSSR count). The fourth-order valence-electron chi connectivity index (χ4n) is 7.40. The van der Waals surface area contributed by atoms with Gasteiger partial charge in [-0.1, -0.05) is 66.2 Å². The Balaban J connectivity index is 0.977. The van der Waals surface area contributed by atoms with Gasteiger partial charge in [-0.3, -0.25) is 14.7 Å². The molecule has 0 aliphatic carbocycles. The van der Waals surface area contributed by atoms with Crippen LogP contribution in [0.2, 0.25) is 5.02 Å². The molecule has 1 fully saturated rings. The minimum Gasteiger partial charge on any atom is -0.381 e. The summed E-state index contributed by atoms with van der Waals surface area (Å²) in [5.41, 5.74) is 3.05. The summed E-state index contributed by atoms with van der Waals surface area (Å²) in [6.45, 7) is 7.84. The predicted octanol–water partition coefficient (Wildman–Crippen LogP) is 9.16. The number of alkyl halides is 3. The van der Waals surface area contributed by atoms with Crippen LogP contribution >= 0.6 is 23.4 Å². The number of aliphatic imine (C=N–C) groups is 1. The highest BCUT2D eigenvalue weighted by Gasteiger charge is 2.36. The Labute approximate surface area is 358 Å². The van der Waals surface area contributed by atoms with E-state index in [1.165, 1.54) is 29.5 Å². The van der Waals surface area contributed by atoms with Crippen molar-refractivity contribution in [2.75, 3.05) is 61.8 Å². The standard InChI is InChI=1S/C45H46ClF3N6O3S2/c1-32-50-22-24-54(32)23-21-37(31-59-39-8-3-2-4-9-39)51-43-20-19-40(29-42(43)45(47,48)49)60(57,58)52-44(56)34-13-17-38(18-14-34)55-27-25-53(26-28-55)30-35-7-5-6-10-41(35)33-11-15-36(46)16-12-33/h2-20,29,37,51H,21-28,30-31H2,1H3,(H,52,56)/t37-/m1/s1. The summed E-state index contributed by atoms with van der Waals surface area (Å²) < 4.78 is 72.5. The average Bonchev–Trinajstić information content (AvgIpc) is 3.66. The number of benzene rings is 5. The van der Waals surface area contributed by atoms with E-state index in [9.17, 15) is 26.4 Å². The lowest BCUT2D eigenvalue weighted by Crippen LogP contribution is -2.46. The summed E-state index contributed by atoms with van der Waals surface area (Å²) in [6, 6.07) is 34.7. The lowest BCUT2D eigenvalue weighted by atomic mass is 9.99. The van der Waals surface area contributed by atoms with Gasteiger partial charge in [0.25, 0.3) is 15.9 Å². The van der Waals surface area contributed by atoms with Crippen molar-refractivity contribution >= 4 is 56.5 Å². The molecular formula is C45H46ClF3N6O3S2. The van der Waals surface area contributed by atoms with Crippen LogP contribution in [-0.4, -0.2) is 87.6 Å². The predicted molar refractivity (Wildman–Crippen MR) is 236 cm³/mol. The maximum atomic E-state index is 14.6. The highest BCUT2D eigenvalue weighted by Crippen LogP contribution is 2.37. The number of amidine groups is 1. The topological polar surface area (TPSA) is 97.3 Å². The number of anilines is 2. The number of hydrogen-bond acceptors (Lipinski definition) is 9. The van der Waals surface area contributed by atoms with Gasteiger partial charge >= 0.3 is 6.18 Å². The third-order valence-electron chi connectivity index (χ3n) is 10.7. The van der Waals surface area contributed by atoms with Gasteiger partial charge in [-0.05, 0) is 96.8 Å². The molecule has 314 valence electrons. The second-order valence-corrected chi connectivity index (χ2v) is 18.0. The van der Waals surface area contributed by atoms with Crippen LogP contribution in [0.4, 0.5) is 24.5 Å². The van der Waals surface area contributed by atoms with Crippen molar-refractivity contribution in [1.82, 2.24) is 14.5 Å². The van der Waals surface area contributed by atoms with Crippen LogP contribution < -0.4 is 14.9 Å². The fourth-order valence-corrected chi connectivity index (χ4v) is 9.52. The van der Waals surface area contributed by atoms with Gasteiger partial charge in [-0.25, -0.2) is 13.1 Å². The monoisotopic (exact) mass is 874 g/mol. The Morgan fingerprint density at radius 1 is 0.867 bits per heavy atom. The van der Waals surface area contributed by atoms with Gasteiger partial charge in [0.1, 0.15) is 0 Å². The number of nitrogens with one attached hydrogen (secondary N) is 2. The van der Waals surface area contributed by atoms with Crippen molar-refractivity contribution in [1.29, 1.82) is 0 Å². The SMILES string of the molecule is CC1=NCCN1CC[C@H](CSc1ccccc1)Nc1ccc(S(=O)(=O)NC(=O)c2ccc(N3CCN(Cc4ccccc4-c4ccc(Cl)cc4)CC3)cc2)cc1C(F)(F)F. The molecule has 60 heavy (non-hydrogen) atoms. The fraction of sp³-hybridized carbons (Fsp3) is 0.289. The minimum atomic E-state index is -4.88. The van der Waals surface area contributed by atoms with Gasteiger partial charge in [-0.15, -0.1) is 11.8 Å². The molecule has 1 atom stereocenters. The van der Waals surface area contributed by atoms with Gasteiger partial charge in [-0.2, -0.15) is 13.2 Å². The maximum Gasteiger partial charge on any atom is 0.418 e. The first kappa shape index (κ1) is 43.1. The molecule has 1 saturated heterocycles. The molecule has 5 aromatic carbocycles. The first-order chi connectivity index (χ1) is 28.8. The number of amides is 1. The normalized spacial score (nSPS) is 15.4. The average molecular weight is 875 g/mol. The molecule has 0 aromatic heterocycles. The van der Waals surface area contributed by atoms with E-state index in [4.69, 9.17) is 11.6 Å². The van der Waals surface area contributed by atoms with Crippen molar-refractivity contribution in [3.8, 4) is 11.1 Å². The highest BCUT2D eigenvalue weighted by atomic mass is 35.5. The third kappa shape index (κ3) is 11.0. The van der Waals surface area contributed by atoms with E-state index in [-0.39, 0.29) is 17.3 Å². The molecule has 0 bridgehead atoms. The number of thioether (sulfide) groups is 1. The van der Waals surface area contributed by atoms with Crippen molar-refractivity contribution in [3.63, 3.8) is 0 Å². The molecule has 0 radical (unpaired) electrons. The number of nitrogens with zero attached hydrogens (tertiary/aromatic N) is 4. The molecule has 9 nitrogen and oxygen atoms in total. The highest BCUT2D eigenvalue weighted by molar-refractivity contribution is 7.99. The second-order valence-electron chi connectivity index (χ2n) is 14.8. The molecule has 0 spiro atoms. The van der Waals surface area contributed by atoms with Crippen molar-refractivity contribution in [2.45, 2.75) is 41.9 Å². The zero-order valence-corrected chi connectivity index (χ0v) is 35.4. The number of sulfonamides is 1. The molecular weight excluding hydrogens is 829 g/mol. The number of hydrogen-bond donors (Lipinski definition) is 2. The van der Waals surface area contributed by atoms with Crippen LogP contribution in [0.25, 0.3) is 11.1 Å². The molecule has 2 heterocycles.